The molecule has 0 aliphatic heterocycles. The summed E-state index contributed by atoms with van der Waals surface area (Å²) < 4.78 is 10.5. The Morgan fingerprint density at radius 1 is 1.24 bits per heavy atom. The van der Waals surface area contributed by atoms with Gasteiger partial charge in [0.25, 0.3) is 0 Å². The summed E-state index contributed by atoms with van der Waals surface area (Å²) in [7, 11) is 1.34. The Bertz CT molecular complexity index is 793. The summed E-state index contributed by atoms with van der Waals surface area (Å²) in [6, 6.07) is 13.1. The van der Waals surface area contributed by atoms with Crippen LogP contribution in [0.2, 0.25) is 0 Å². The number of nitrogens with zero attached hydrogens (tertiary/aromatic N) is 1. The maximum atomic E-state index is 11.7. The van der Waals surface area contributed by atoms with Gasteiger partial charge in [0, 0.05) is 10.9 Å². The van der Waals surface area contributed by atoms with Crippen molar-refractivity contribution >= 4 is 33.0 Å². The van der Waals surface area contributed by atoms with E-state index >= 15 is 0 Å². The van der Waals surface area contributed by atoms with Crippen LogP contribution in [-0.2, 0) is 10.1 Å². The van der Waals surface area contributed by atoms with Crippen LogP contribution in [-0.4, -0.2) is 18.1 Å². The van der Waals surface area contributed by atoms with E-state index in [9.17, 15) is 4.79 Å². The zero-order valence-electron chi connectivity index (χ0n) is 11.3. The predicted octanol–water partition coefficient (Wildman–Crippen LogP) is 4.18. The smallest absolute Gasteiger partial charge is 0.341 e. The molecule has 0 fully saturated rings. The number of hydrogen-bond acceptors (Lipinski definition) is 4. The molecule has 5 heteroatoms. The van der Waals surface area contributed by atoms with E-state index in [2.05, 4.69) is 20.9 Å². The molecule has 2 aromatic carbocycles. The molecule has 3 rings (SSSR count). The van der Waals surface area contributed by atoms with Crippen molar-refractivity contribution in [1.82, 2.24) is 4.98 Å². The van der Waals surface area contributed by atoms with Crippen LogP contribution in [0.25, 0.3) is 22.6 Å². The Hall–Kier alpha value is -2.14. The average molecular weight is 346 g/mol. The minimum Gasteiger partial charge on any atom is -0.465 e. The third kappa shape index (κ3) is 2.56. The number of aromatic nitrogens is 1. The Morgan fingerprint density at radius 2 is 2.00 bits per heavy atom. The molecule has 0 unspecified atom stereocenters. The van der Waals surface area contributed by atoms with E-state index in [0.29, 0.717) is 22.6 Å². The predicted molar refractivity (Wildman–Crippen MR) is 83.4 cm³/mol. The zero-order valence-corrected chi connectivity index (χ0v) is 12.9. The second-order valence-electron chi connectivity index (χ2n) is 4.49. The highest BCUT2D eigenvalue weighted by molar-refractivity contribution is 9.08. The lowest BCUT2D eigenvalue weighted by molar-refractivity contribution is 0.0602. The highest BCUT2D eigenvalue weighted by Crippen LogP contribution is 2.27. The van der Waals surface area contributed by atoms with Crippen LogP contribution in [0.5, 0.6) is 0 Å². The van der Waals surface area contributed by atoms with E-state index in [4.69, 9.17) is 9.15 Å². The lowest BCUT2D eigenvalue weighted by Gasteiger charge is -1.99. The molecule has 0 saturated heterocycles. The first-order chi connectivity index (χ1) is 10.2. The number of alkyl halides is 1. The molecular formula is C16H12BrNO3. The summed E-state index contributed by atoms with van der Waals surface area (Å²) >= 11 is 3.41. The van der Waals surface area contributed by atoms with Gasteiger partial charge in [-0.3, -0.25) is 0 Å². The number of halogens is 1. The molecular weight excluding hydrogens is 334 g/mol. The van der Waals surface area contributed by atoms with Crippen molar-refractivity contribution in [1.29, 1.82) is 0 Å². The van der Waals surface area contributed by atoms with Crippen molar-refractivity contribution in [3.63, 3.8) is 0 Å². The maximum Gasteiger partial charge on any atom is 0.341 e. The third-order valence-electron chi connectivity index (χ3n) is 3.18. The Labute approximate surface area is 129 Å². The monoisotopic (exact) mass is 345 g/mol. The summed E-state index contributed by atoms with van der Waals surface area (Å²) in [5, 5.41) is 0.799. The van der Waals surface area contributed by atoms with Crippen molar-refractivity contribution in [3.8, 4) is 11.5 Å². The zero-order chi connectivity index (χ0) is 14.8. The molecule has 106 valence electrons. The highest BCUT2D eigenvalue weighted by atomic mass is 79.9. The van der Waals surface area contributed by atoms with Gasteiger partial charge in [-0.15, -0.1) is 0 Å². The molecule has 0 N–H and O–H groups in total. The van der Waals surface area contributed by atoms with E-state index in [-0.39, 0.29) is 0 Å². The second kappa shape index (κ2) is 5.69. The molecule has 0 saturated carbocycles. The largest absolute Gasteiger partial charge is 0.465 e. The Kier molecular flexibility index (Phi) is 3.75. The first-order valence-electron chi connectivity index (χ1n) is 6.36. The van der Waals surface area contributed by atoms with Crippen LogP contribution < -0.4 is 0 Å². The lowest BCUT2D eigenvalue weighted by atomic mass is 10.1. The molecule has 3 aromatic rings. The lowest BCUT2D eigenvalue weighted by Crippen LogP contribution is -2.00. The van der Waals surface area contributed by atoms with Crippen LogP contribution >= 0.6 is 15.9 Å². The van der Waals surface area contributed by atoms with Gasteiger partial charge in [-0.2, -0.15) is 0 Å². The normalized spacial score (nSPS) is 10.8. The average Bonchev–Trinajstić information content (AvgIpc) is 2.98. The number of hydrogen-bond donors (Lipinski definition) is 0. The molecule has 0 spiro atoms. The van der Waals surface area contributed by atoms with Crippen LogP contribution in [0.3, 0.4) is 0 Å². The molecule has 0 aliphatic carbocycles. The summed E-state index contributed by atoms with van der Waals surface area (Å²) in [6.45, 7) is 0. The number of carbonyl (C=O) groups excluding carboxylic acids is 1. The number of methoxy groups -OCH3 is 1. The van der Waals surface area contributed by atoms with Crippen LogP contribution in [0.15, 0.2) is 46.9 Å². The van der Waals surface area contributed by atoms with Crippen LogP contribution in [0, 0.1) is 0 Å². The quantitative estimate of drug-likeness (QED) is 0.527. The Morgan fingerprint density at radius 3 is 2.67 bits per heavy atom. The van der Waals surface area contributed by atoms with Gasteiger partial charge in [-0.05, 0) is 29.8 Å². The van der Waals surface area contributed by atoms with Gasteiger partial charge in [0.2, 0.25) is 5.89 Å². The molecule has 0 amide bonds. The van der Waals surface area contributed by atoms with Crippen LogP contribution in [0.1, 0.15) is 15.9 Å². The maximum absolute atomic E-state index is 11.7. The van der Waals surface area contributed by atoms with Gasteiger partial charge in [-0.1, -0.05) is 34.1 Å². The minimum absolute atomic E-state index is 0.380. The molecule has 0 atom stereocenters. The fraction of sp³-hybridized carbons (Fsp3) is 0.125. The number of para-hydroxylation sites is 1. The summed E-state index contributed by atoms with van der Waals surface area (Å²) in [5.74, 6) is 0.0559. The SMILES string of the molecule is COC(=O)c1cccc2nc(-c3ccc(CBr)cc3)oc12. The van der Waals surface area contributed by atoms with E-state index in [1.54, 1.807) is 12.1 Å². The number of esters is 1. The van der Waals surface area contributed by atoms with E-state index in [0.717, 1.165) is 10.9 Å². The Balaban J connectivity index is 2.10. The second-order valence-corrected chi connectivity index (χ2v) is 5.06. The fourth-order valence-electron chi connectivity index (χ4n) is 2.08. The molecule has 1 aromatic heterocycles. The van der Waals surface area contributed by atoms with Gasteiger partial charge in [-0.25, -0.2) is 9.78 Å². The van der Waals surface area contributed by atoms with Gasteiger partial charge in [0.05, 0.1) is 7.11 Å². The van der Waals surface area contributed by atoms with E-state index in [1.165, 1.54) is 12.7 Å². The van der Waals surface area contributed by atoms with Gasteiger partial charge in [0.1, 0.15) is 11.1 Å². The summed E-state index contributed by atoms with van der Waals surface area (Å²) in [4.78, 5) is 16.2. The van der Waals surface area contributed by atoms with Gasteiger partial charge in [0.15, 0.2) is 5.58 Å². The van der Waals surface area contributed by atoms with Crippen molar-refractivity contribution in [2.45, 2.75) is 5.33 Å². The first-order valence-corrected chi connectivity index (χ1v) is 7.48. The summed E-state index contributed by atoms with van der Waals surface area (Å²) in [6.07, 6.45) is 0. The molecule has 1 heterocycles. The molecule has 0 radical (unpaired) electrons. The van der Waals surface area contributed by atoms with E-state index in [1.807, 2.05) is 30.3 Å². The topological polar surface area (TPSA) is 52.3 Å². The standard InChI is InChI=1S/C16H12BrNO3/c1-20-16(19)12-3-2-4-13-14(12)21-15(18-13)11-7-5-10(9-17)6-8-11/h2-8H,9H2,1H3. The molecule has 21 heavy (non-hydrogen) atoms. The van der Waals surface area contributed by atoms with Crippen LogP contribution in [0.4, 0.5) is 0 Å². The number of carbonyl (C=O) groups is 1. The number of ether oxygens (including phenoxy) is 1. The number of fused-ring (bicyclic) bond motifs is 1. The highest BCUT2D eigenvalue weighted by Gasteiger charge is 2.16. The van der Waals surface area contributed by atoms with Crippen molar-refractivity contribution in [2.24, 2.45) is 0 Å². The van der Waals surface area contributed by atoms with Gasteiger partial charge >= 0.3 is 5.97 Å². The van der Waals surface area contributed by atoms with Crippen molar-refractivity contribution in [2.75, 3.05) is 7.11 Å². The van der Waals surface area contributed by atoms with Crippen molar-refractivity contribution in [3.05, 3.63) is 53.6 Å². The first kappa shape index (κ1) is 13.8. The number of rotatable bonds is 3. The third-order valence-corrected chi connectivity index (χ3v) is 3.82. The fourth-order valence-corrected chi connectivity index (χ4v) is 2.45. The van der Waals surface area contributed by atoms with E-state index < -0.39 is 5.97 Å². The minimum atomic E-state index is -0.432. The number of benzene rings is 2. The molecule has 4 nitrogen and oxygen atoms in total. The molecule has 0 aliphatic rings. The van der Waals surface area contributed by atoms with Crippen molar-refractivity contribution < 1.29 is 13.9 Å². The van der Waals surface area contributed by atoms with Gasteiger partial charge < -0.3 is 9.15 Å². The summed E-state index contributed by atoms with van der Waals surface area (Å²) in [5.41, 5.74) is 3.50. The number of oxazole rings is 1. The molecule has 0 bridgehead atoms.